The molecule has 0 unspecified atom stereocenters. The number of hydrogen-bond acceptors (Lipinski definition) is 2. The number of halogens is 2. The number of nitrogens with one attached hydrogen (secondary N) is 1. The lowest BCUT2D eigenvalue weighted by molar-refractivity contribution is 0.0656. The van der Waals surface area contributed by atoms with Gasteiger partial charge in [0.15, 0.2) is 0 Å². The lowest BCUT2D eigenvalue weighted by Crippen LogP contribution is -2.52. The van der Waals surface area contributed by atoms with Gasteiger partial charge in [0, 0.05) is 36.3 Å². The van der Waals surface area contributed by atoms with Crippen LogP contribution in [0.5, 0.6) is 0 Å². The standard InChI is InChI=1S/C12H15ClN2O.ClH/c1-9-8-14-6-7-15(9)12(16)10-2-4-11(13)5-3-10;/h2-5,9,14H,6-8H2,1H3;1H/t9-;/m0./s1. The summed E-state index contributed by atoms with van der Waals surface area (Å²) in [6, 6.07) is 7.30. The summed E-state index contributed by atoms with van der Waals surface area (Å²) < 4.78 is 0. The van der Waals surface area contributed by atoms with Gasteiger partial charge in [-0.05, 0) is 31.2 Å². The second kappa shape index (κ2) is 6.24. The number of rotatable bonds is 1. The van der Waals surface area contributed by atoms with Crippen LogP contribution in [0.2, 0.25) is 5.02 Å². The molecule has 0 saturated carbocycles. The third kappa shape index (κ3) is 3.35. The summed E-state index contributed by atoms with van der Waals surface area (Å²) in [6.07, 6.45) is 0. The molecule has 2 rings (SSSR count). The summed E-state index contributed by atoms with van der Waals surface area (Å²) in [4.78, 5) is 14.1. The van der Waals surface area contributed by atoms with Crippen LogP contribution in [0.15, 0.2) is 24.3 Å². The monoisotopic (exact) mass is 274 g/mol. The number of amides is 1. The fraction of sp³-hybridized carbons (Fsp3) is 0.417. The van der Waals surface area contributed by atoms with Crippen LogP contribution >= 0.6 is 24.0 Å². The minimum absolute atomic E-state index is 0. The Bertz CT molecular complexity index is 381. The average molecular weight is 275 g/mol. The quantitative estimate of drug-likeness (QED) is 0.852. The Morgan fingerprint density at radius 2 is 2.06 bits per heavy atom. The summed E-state index contributed by atoms with van der Waals surface area (Å²) in [7, 11) is 0. The smallest absolute Gasteiger partial charge is 0.254 e. The molecule has 1 N–H and O–H groups in total. The van der Waals surface area contributed by atoms with Crippen molar-refractivity contribution in [2.75, 3.05) is 19.6 Å². The van der Waals surface area contributed by atoms with Crippen molar-refractivity contribution >= 4 is 29.9 Å². The molecule has 0 aromatic heterocycles. The summed E-state index contributed by atoms with van der Waals surface area (Å²) in [5.41, 5.74) is 0.707. The van der Waals surface area contributed by atoms with Crippen molar-refractivity contribution in [3.8, 4) is 0 Å². The van der Waals surface area contributed by atoms with E-state index in [2.05, 4.69) is 12.2 Å². The molecule has 17 heavy (non-hydrogen) atoms. The van der Waals surface area contributed by atoms with Gasteiger partial charge in [0.25, 0.3) is 5.91 Å². The van der Waals surface area contributed by atoms with E-state index in [0.29, 0.717) is 10.6 Å². The average Bonchev–Trinajstić information content (AvgIpc) is 2.30. The molecule has 1 amide bonds. The molecular weight excluding hydrogens is 259 g/mol. The zero-order valence-electron chi connectivity index (χ0n) is 9.65. The summed E-state index contributed by atoms with van der Waals surface area (Å²) in [6.45, 7) is 4.55. The Morgan fingerprint density at radius 3 is 2.65 bits per heavy atom. The molecule has 1 aliphatic heterocycles. The molecule has 0 aliphatic carbocycles. The molecule has 94 valence electrons. The van der Waals surface area contributed by atoms with Gasteiger partial charge in [-0.3, -0.25) is 4.79 Å². The highest BCUT2D eigenvalue weighted by Crippen LogP contribution is 2.13. The fourth-order valence-corrected chi connectivity index (χ4v) is 2.03. The normalized spacial score (nSPS) is 19.6. The molecule has 0 bridgehead atoms. The third-order valence-corrected chi connectivity index (χ3v) is 3.11. The number of carbonyl (C=O) groups is 1. The maximum atomic E-state index is 12.2. The third-order valence-electron chi connectivity index (χ3n) is 2.85. The molecule has 1 aliphatic rings. The predicted octanol–water partition coefficient (Wildman–Crippen LogP) is 2.20. The van der Waals surface area contributed by atoms with E-state index < -0.39 is 0 Å². The highest BCUT2D eigenvalue weighted by Gasteiger charge is 2.23. The molecule has 1 heterocycles. The molecule has 0 radical (unpaired) electrons. The van der Waals surface area contributed by atoms with Crippen LogP contribution in [-0.2, 0) is 0 Å². The van der Waals surface area contributed by atoms with Crippen LogP contribution in [0.25, 0.3) is 0 Å². The summed E-state index contributed by atoms with van der Waals surface area (Å²) in [5.74, 6) is 0.0886. The van der Waals surface area contributed by atoms with Crippen LogP contribution < -0.4 is 5.32 Å². The van der Waals surface area contributed by atoms with E-state index in [1.165, 1.54) is 0 Å². The van der Waals surface area contributed by atoms with Crippen LogP contribution in [0.4, 0.5) is 0 Å². The van der Waals surface area contributed by atoms with Gasteiger partial charge in [-0.15, -0.1) is 12.4 Å². The number of nitrogens with zero attached hydrogens (tertiary/aromatic N) is 1. The zero-order valence-corrected chi connectivity index (χ0v) is 11.2. The van der Waals surface area contributed by atoms with Gasteiger partial charge in [-0.1, -0.05) is 11.6 Å². The van der Waals surface area contributed by atoms with Crippen molar-refractivity contribution in [3.05, 3.63) is 34.9 Å². The minimum Gasteiger partial charge on any atom is -0.333 e. The molecule has 1 aromatic carbocycles. The Kier molecular flexibility index (Phi) is 5.25. The van der Waals surface area contributed by atoms with E-state index in [-0.39, 0.29) is 24.4 Å². The van der Waals surface area contributed by atoms with E-state index >= 15 is 0 Å². The van der Waals surface area contributed by atoms with Gasteiger partial charge in [0.1, 0.15) is 0 Å². The minimum atomic E-state index is 0. The fourth-order valence-electron chi connectivity index (χ4n) is 1.90. The lowest BCUT2D eigenvalue weighted by Gasteiger charge is -2.34. The maximum absolute atomic E-state index is 12.2. The number of carbonyl (C=O) groups excluding carboxylic acids is 1. The Morgan fingerprint density at radius 1 is 1.41 bits per heavy atom. The number of hydrogen-bond donors (Lipinski definition) is 1. The van der Waals surface area contributed by atoms with Gasteiger partial charge in [-0.2, -0.15) is 0 Å². The van der Waals surface area contributed by atoms with Crippen LogP contribution in [0, 0.1) is 0 Å². The molecule has 1 aromatic rings. The second-order valence-corrected chi connectivity index (χ2v) is 4.50. The van der Waals surface area contributed by atoms with E-state index in [4.69, 9.17) is 11.6 Å². The van der Waals surface area contributed by atoms with Crippen LogP contribution in [0.1, 0.15) is 17.3 Å². The molecule has 1 atom stereocenters. The van der Waals surface area contributed by atoms with Crippen molar-refractivity contribution in [1.82, 2.24) is 10.2 Å². The first-order chi connectivity index (χ1) is 7.68. The van der Waals surface area contributed by atoms with Gasteiger partial charge in [-0.25, -0.2) is 0 Å². The van der Waals surface area contributed by atoms with Crippen LogP contribution in [0.3, 0.4) is 0 Å². The Balaban J connectivity index is 0.00000144. The SMILES string of the molecule is C[C@H]1CNCCN1C(=O)c1ccc(Cl)cc1.Cl. The van der Waals surface area contributed by atoms with Gasteiger partial charge in [0.05, 0.1) is 0 Å². The van der Waals surface area contributed by atoms with Crippen molar-refractivity contribution in [1.29, 1.82) is 0 Å². The summed E-state index contributed by atoms with van der Waals surface area (Å²) in [5, 5.41) is 3.92. The second-order valence-electron chi connectivity index (χ2n) is 4.06. The Hall–Kier alpha value is -0.770. The molecule has 1 fully saturated rings. The molecular formula is C12H16Cl2N2O. The van der Waals surface area contributed by atoms with Crippen molar-refractivity contribution < 1.29 is 4.79 Å². The molecule has 3 nitrogen and oxygen atoms in total. The first-order valence-corrected chi connectivity index (χ1v) is 5.83. The lowest BCUT2D eigenvalue weighted by atomic mass is 10.1. The topological polar surface area (TPSA) is 32.3 Å². The zero-order chi connectivity index (χ0) is 11.5. The molecule has 0 spiro atoms. The summed E-state index contributed by atoms with van der Waals surface area (Å²) >= 11 is 5.80. The predicted molar refractivity (Wildman–Crippen MR) is 72.1 cm³/mol. The maximum Gasteiger partial charge on any atom is 0.254 e. The first-order valence-electron chi connectivity index (χ1n) is 5.46. The van der Waals surface area contributed by atoms with E-state index in [0.717, 1.165) is 19.6 Å². The van der Waals surface area contributed by atoms with E-state index in [9.17, 15) is 4.79 Å². The van der Waals surface area contributed by atoms with E-state index in [1.54, 1.807) is 24.3 Å². The van der Waals surface area contributed by atoms with Crippen molar-refractivity contribution in [2.45, 2.75) is 13.0 Å². The van der Waals surface area contributed by atoms with Crippen molar-refractivity contribution in [3.63, 3.8) is 0 Å². The molecule has 5 heteroatoms. The van der Waals surface area contributed by atoms with E-state index in [1.807, 2.05) is 4.90 Å². The Labute approximate surface area is 113 Å². The first kappa shape index (κ1) is 14.3. The largest absolute Gasteiger partial charge is 0.333 e. The van der Waals surface area contributed by atoms with Gasteiger partial charge >= 0.3 is 0 Å². The molecule has 1 saturated heterocycles. The van der Waals surface area contributed by atoms with Gasteiger partial charge in [0.2, 0.25) is 0 Å². The van der Waals surface area contributed by atoms with Crippen LogP contribution in [-0.4, -0.2) is 36.5 Å². The number of piperazine rings is 1. The van der Waals surface area contributed by atoms with Crippen molar-refractivity contribution in [2.24, 2.45) is 0 Å². The number of benzene rings is 1. The van der Waals surface area contributed by atoms with Gasteiger partial charge < -0.3 is 10.2 Å². The highest BCUT2D eigenvalue weighted by atomic mass is 35.5. The highest BCUT2D eigenvalue weighted by molar-refractivity contribution is 6.30.